The zero-order chi connectivity index (χ0) is 16.9. The number of morpholine rings is 2. The van der Waals surface area contributed by atoms with E-state index in [4.69, 9.17) is 9.47 Å². The molecule has 4 heterocycles. The summed E-state index contributed by atoms with van der Waals surface area (Å²) in [6, 6.07) is 1.49. The fourth-order valence-electron chi connectivity index (χ4n) is 5.05. The van der Waals surface area contributed by atoms with E-state index in [9.17, 15) is 0 Å². The summed E-state index contributed by atoms with van der Waals surface area (Å²) in [6.07, 6.45) is 12.8. The average Bonchev–Trinajstić information content (AvgIpc) is 3.12. The second kappa shape index (κ2) is 9.23. The molecule has 142 valence electrons. The Bertz CT molecular complexity index is 397. The SMILES string of the molecule is C1=CCCC(N2CCOCC2)C2CCC(S2)C(N2CCOCC2)CC1. The van der Waals surface area contributed by atoms with Crippen molar-refractivity contribution in [1.29, 1.82) is 0 Å². The normalized spacial score (nSPS) is 39.2. The number of ether oxygens (including phenoxy) is 2. The fourth-order valence-corrected chi connectivity index (χ4v) is 7.02. The summed E-state index contributed by atoms with van der Waals surface area (Å²) in [4.78, 5) is 5.47. The minimum absolute atomic E-state index is 0.743. The van der Waals surface area contributed by atoms with Crippen molar-refractivity contribution in [2.24, 2.45) is 0 Å². The van der Waals surface area contributed by atoms with E-state index < -0.39 is 0 Å². The van der Waals surface area contributed by atoms with E-state index in [-0.39, 0.29) is 0 Å². The molecular weight excluding hydrogens is 332 g/mol. The summed E-state index contributed by atoms with van der Waals surface area (Å²) in [5.74, 6) is 0. The molecule has 5 heteroatoms. The van der Waals surface area contributed by atoms with Crippen molar-refractivity contribution in [2.45, 2.75) is 61.1 Å². The molecular formula is C20H34N2O2S. The minimum Gasteiger partial charge on any atom is -0.379 e. The van der Waals surface area contributed by atoms with Gasteiger partial charge >= 0.3 is 0 Å². The van der Waals surface area contributed by atoms with Crippen LogP contribution >= 0.6 is 11.8 Å². The largest absolute Gasteiger partial charge is 0.379 e. The van der Waals surface area contributed by atoms with E-state index >= 15 is 0 Å². The number of thioether (sulfide) groups is 1. The monoisotopic (exact) mass is 366 g/mol. The summed E-state index contributed by atoms with van der Waals surface area (Å²) in [5.41, 5.74) is 0. The van der Waals surface area contributed by atoms with Crippen molar-refractivity contribution in [3.8, 4) is 0 Å². The first-order chi connectivity index (χ1) is 12.4. The second-order valence-corrected chi connectivity index (χ2v) is 9.33. The Morgan fingerprint density at radius 1 is 0.640 bits per heavy atom. The molecule has 4 unspecified atom stereocenters. The Kier molecular flexibility index (Phi) is 6.75. The molecule has 0 aromatic heterocycles. The highest BCUT2D eigenvalue weighted by atomic mass is 32.2. The van der Waals surface area contributed by atoms with Crippen LogP contribution in [-0.4, -0.2) is 85.0 Å². The zero-order valence-corrected chi connectivity index (χ0v) is 16.3. The summed E-state index contributed by atoms with van der Waals surface area (Å²) in [5, 5.41) is 1.64. The second-order valence-electron chi connectivity index (χ2n) is 7.85. The van der Waals surface area contributed by atoms with Gasteiger partial charge in [0.1, 0.15) is 0 Å². The molecule has 3 saturated heterocycles. The lowest BCUT2D eigenvalue weighted by Crippen LogP contribution is -2.48. The maximum absolute atomic E-state index is 5.61. The number of hydrogen-bond acceptors (Lipinski definition) is 5. The quantitative estimate of drug-likeness (QED) is 0.700. The highest BCUT2D eigenvalue weighted by molar-refractivity contribution is 8.00. The van der Waals surface area contributed by atoms with Gasteiger partial charge in [-0.25, -0.2) is 0 Å². The van der Waals surface area contributed by atoms with E-state index in [1.807, 2.05) is 0 Å². The number of allylic oxidation sites excluding steroid dienone is 2. The highest BCUT2D eigenvalue weighted by Gasteiger charge is 2.39. The van der Waals surface area contributed by atoms with Crippen LogP contribution in [0.3, 0.4) is 0 Å². The summed E-state index contributed by atoms with van der Waals surface area (Å²) in [6.45, 7) is 8.19. The number of fused-ring (bicyclic) bond motifs is 2. The van der Waals surface area contributed by atoms with Crippen LogP contribution in [-0.2, 0) is 9.47 Å². The predicted molar refractivity (Wildman–Crippen MR) is 104 cm³/mol. The Morgan fingerprint density at radius 3 is 1.52 bits per heavy atom. The van der Waals surface area contributed by atoms with Gasteiger partial charge in [-0.3, -0.25) is 9.80 Å². The molecule has 0 aromatic carbocycles. The average molecular weight is 367 g/mol. The lowest BCUT2D eigenvalue weighted by molar-refractivity contribution is 0.0133. The van der Waals surface area contributed by atoms with Gasteiger partial charge in [-0.2, -0.15) is 11.8 Å². The Balaban J connectivity index is 1.47. The Morgan fingerprint density at radius 2 is 1.08 bits per heavy atom. The summed E-state index contributed by atoms with van der Waals surface area (Å²) in [7, 11) is 0. The molecule has 0 radical (unpaired) electrons. The van der Waals surface area contributed by atoms with Gasteiger partial charge in [0.15, 0.2) is 0 Å². The molecule has 4 aliphatic rings. The van der Waals surface area contributed by atoms with E-state index in [0.29, 0.717) is 0 Å². The molecule has 0 amide bonds. The lowest BCUT2D eigenvalue weighted by Gasteiger charge is -2.39. The van der Waals surface area contributed by atoms with E-state index in [0.717, 1.165) is 75.2 Å². The molecule has 0 aromatic rings. The molecule has 4 aliphatic heterocycles. The lowest BCUT2D eigenvalue weighted by atomic mass is 9.96. The first-order valence-corrected chi connectivity index (χ1v) is 11.3. The van der Waals surface area contributed by atoms with Crippen molar-refractivity contribution in [3.05, 3.63) is 12.2 Å². The van der Waals surface area contributed by atoms with Crippen molar-refractivity contribution in [3.63, 3.8) is 0 Å². The van der Waals surface area contributed by atoms with E-state index in [1.165, 1.54) is 38.5 Å². The van der Waals surface area contributed by atoms with Gasteiger partial charge in [-0.15, -0.1) is 0 Å². The standard InChI is InChI=1S/C20H34N2O2S/c1-2-4-6-18(22-11-15-24-16-12-22)20-8-7-19(25-20)17(5-3-1)21-9-13-23-14-10-21/h1-2,17-20H,3-16H2. The first kappa shape index (κ1) is 18.3. The third kappa shape index (κ3) is 4.62. The van der Waals surface area contributed by atoms with Crippen LogP contribution < -0.4 is 0 Å². The number of rotatable bonds is 2. The van der Waals surface area contributed by atoms with Crippen molar-refractivity contribution >= 4 is 11.8 Å². The summed E-state index contributed by atoms with van der Waals surface area (Å²) >= 11 is 2.33. The molecule has 25 heavy (non-hydrogen) atoms. The van der Waals surface area contributed by atoms with Gasteiger partial charge in [-0.05, 0) is 38.5 Å². The van der Waals surface area contributed by atoms with Crippen LogP contribution in [0.2, 0.25) is 0 Å². The summed E-state index contributed by atoms with van der Waals surface area (Å²) < 4.78 is 11.2. The maximum Gasteiger partial charge on any atom is 0.0594 e. The highest BCUT2D eigenvalue weighted by Crippen LogP contribution is 2.42. The third-order valence-electron chi connectivity index (χ3n) is 6.40. The van der Waals surface area contributed by atoms with Crippen LogP contribution in [0.15, 0.2) is 12.2 Å². The molecule has 4 atom stereocenters. The van der Waals surface area contributed by atoms with Gasteiger partial charge < -0.3 is 9.47 Å². The molecule has 2 bridgehead atoms. The molecule has 0 saturated carbocycles. The molecule has 4 rings (SSSR count). The predicted octanol–water partition coefficient (Wildman–Crippen LogP) is 2.78. The smallest absolute Gasteiger partial charge is 0.0594 e. The van der Waals surface area contributed by atoms with Gasteiger partial charge in [0.25, 0.3) is 0 Å². The van der Waals surface area contributed by atoms with Gasteiger partial charge in [-0.1, -0.05) is 12.2 Å². The van der Waals surface area contributed by atoms with Crippen LogP contribution in [0, 0.1) is 0 Å². The van der Waals surface area contributed by atoms with Gasteiger partial charge in [0.05, 0.1) is 26.4 Å². The van der Waals surface area contributed by atoms with Gasteiger partial charge in [0, 0.05) is 48.8 Å². The molecule has 0 N–H and O–H groups in total. The van der Waals surface area contributed by atoms with Crippen molar-refractivity contribution in [2.75, 3.05) is 52.6 Å². The first-order valence-electron chi connectivity index (χ1n) is 10.4. The van der Waals surface area contributed by atoms with Crippen LogP contribution in [0.4, 0.5) is 0 Å². The molecule has 4 nitrogen and oxygen atoms in total. The zero-order valence-electron chi connectivity index (χ0n) is 15.5. The van der Waals surface area contributed by atoms with Crippen molar-refractivity contribution in [1.82, 2.24) is 9.80 Å². The van der Waals surface area contributed by atoms with E-state index in [1.54, 1.807) is 0 Å². The number of hydrogen-bond donors (Lipinski definition) is 0. The van der Waals surface area contributed by atoms with E-state index in [2.05, 4.69) is 33.7 Å². The Labute approximate surface area is 157 Å². The van der Waals surface area contributed by atoms with Gasteiger partial charge in [0.2, 0.25) is 0 Å². The number of nitrogens with zero attached hydrogens (tertiary/aromatic N) is 2. The fraction of sp³-hybridized carbons (Fsp3) is 0.900. The molecule has 0 spiro atoms. The van der Waals surface area contributed by atoms with Crippen molar-refractivity contribution < 1.29 is 9.47 Å². The van der Waals surface area contributed by atoms with Crippen LogP contribution in [0.25, 0.3) is 0 Å². The minimum atomic E-state index is 0.743. The molecule has 3 fully saturated rings. The van der Waals surface area contributed by atoms with Crippen LogP contribution in [0.5, 0.6) is 0 Å². The molecule has 0 aliphatic carbocycles. The third-order valence-corrected chi connectivity index (χ3v) is 8.20. The maximum atomic E-state index is 5.61. The van der Waals surface area contributed by atoms with Crippen LogP contribution in [0.1, 0.15) is 38.5 Å². The Hall–Kier alpha value is -0.0700. The topological polar surface area (TPSA) is 24.9 Å².